The minimum Gasteiger partial charge on any atom is -0.361 e. The molecule has 116 valence electrons. The smallest absolute Gasteiger partial charge is 0.0459 e. The first-order valence-corrected chi connectivity index (χ1v) is 8.77. The van der Waals surface area contributed by atoms with Gasteiger partial charge in [-0.3, -0.25) is 4.90 Å². The van der Waals surface area contributed by atoms with Crippen molar-refractivity contribution in [1.82, 2.24) is 9.88 Å². The predicted molar refractivity (Wildman–Crippen MR) is 94.8 cm³/mol. The molecule has 1 aliphatic heterocycles. The Morgan fingerprint density at radius 3 is 2.83 bits per heavy atom. The zero-order valence-corrected chi connectivity index (χ0v) is 13.5. The second-order valence-electron chi connectivity index (χ2n) is 7.00. The number of aromatic amines is 1. The van der Waals surface area contributed by atoms with Crippen LogP contribution in [0.25, 0.3) is 10.9 Å². The quantitative estimate of drug-likeness (QED) is 0.741. The van der Waals surface area contributed by atoms with E-state index in [9.17, 15) is 0 Å². The Bertz CT molecular complexity index is 876. The van der Waals surface area contributed by atoms with Crippen LogP contribution in [0.3, 0.4) is 0 Å². The van der Waals surface area contributed by atoms with Gasteiger partial charge in [0.2, 0.25) is 0 Å². The molecule has 2 atom stereocenters. The number of aromatic nitrogens is 1. The lowest BCUT2D eigenvalue weighted by molar-refractivity contribution is 0.153. The molecule has 1 aromatic heterocycles. The van der Waals surface area contributed by atoms with Crippen LogP contribution in [-0.4, -0.2) is 22.5 Å². The zero-order valence-electron chi connectivity index (χ0n) is 13.5. The van der Waals surface area contributed by atoms with Crippen LogP contribution in [0, 0.1) is 0 Å². The van der Waals surface area contributed by atoms with Gasteiger partial charge in [-0.1, -0.05) is 43.3 Å². The summed E-state index contributed by atoms with van der Waals surface area (Å²) in [6.45, 7) is 4.58. The summed E-state index contributed by atoms with van der Waals surface area (Å²) < 4.78 is 0. The first-order chi connectivity index (χ1) is 11.4. The van der Waals surface area contributed by atoms with Crippen LogP contribution >= 0.6 is 0 Å². The van der Waals surface area contributed by atoms with E-state index < -0.39 is 0 Å². The normalized spacial score (nSPS) is 22.8. The Kier molecular flexibility index (Phi) is 2.89. The van der Waals surface area contributed by atoms with E-state index in [1.165, 1.54) is 40.6 Å². The molecular weight excluding hydrogens is 280 g/mol. The molecule has 0 bridgehead atoms. The van der Waals surface area contributed by atoms with Gasteiger partial charge in [0.05, 0.1) is 0 Å². The maximum absolute atomic E-state index is 3.48. The van der Waals surface area contributed by atoms with Crippen molar-refractivity contribution in [2.45, 2.75) is 38.3 Å². The van der Waals surface area contributed by atoms with Crippen LogP contribution < -0.4 is 0 Å². The number of hydrogen-bond donors (Lipinski definition) is 1. The van der Waals surface area contributed by atoms with Gasteiger partial charge < -0.3 is 4.98 Å². The molecule has 2 heteroatoms. The van der Waals surface area contributed by atoms with Gasteiger partial charge >= 0.3 is 0 Å². The van der Waals surface area contributed by atoms with Crippen molar-refractivity contribution in [3.8, 4) is 0 Å². The molecule has 1 N–H and O–H groups in total. The predicted octanol–water partition coefficient (Wildman–Crippen LogP) is 4.45. The lowest BCUT2D eigenvalue weighted by Crippen LogP contribution is -2.46. The molecule has 2 heterocycles. The molecular formula is C21H22N2. The Hall–Kier alpha value is -2.06. The summed E-state index contributed by atoms with van der Waals surface area (Å²) in [6, 6.07) is 16.4. The fourth-order valence-electron chi connectivity index (χ4n) is 4.82. The second kappa shape index (κ2) is 4.97. The van der Waals surface area contributed by atoms with Gasteiger partial charge in [-0.15, -0.1) is 0 Å². The standard InChI is InChI=1S/C21H22N2/c1-2-10-23-13-14-6-3-4-7-16(14)21-17-8-5-9-18-20(17)15(12-22-18)11-19(21)23/h3-9,12,19,21-22H,2,10-11,13H2,1H3/t19-,21-/m1/s1. The number of rotatable bonds is 2. The molecule has 2 aliphatic rings. The number of benzene rings is 2. The van der Waals surface area contributed by atoms with Gasteiger partial charge in [0.1, 0.15) is 0 Å². The fourth-order valence-corrected chi connectivity index (χ4v) is 4.82. The average molecular weight is 302 g/mol. The van der Waals surface area contributed by atoms with Crippen molar-refractivity contribution in [3.63, 3.8) is 0 Å². The van der Waals surface area contributed by atoms with Gasteiger partial charge in [0.25, 0.3) is 0 Å². The van der Waals surface area contributed by atoms with Crippen LogP contribution in [0.4, 0.5) is 0 Å². The third kappa shape index (κ3) is 1.85. The maximum Gasteiger partial charge on any atom is 0.0459 e. The number of nitrogens with one attached hydrogen (secondary N) is 1. The highest BCUT2D eigenvalue weighted by Gasteiger charge is 2.39. The Labute approximate surface area is 137 Å². The highest BCUT2D eigenvalue weighted by atomic mass is 15.2. The van der Waals surface area contributed by atoms with E-state index in [4.69, 9.17) is 0 Å². The van der Waals surface area contributed by atoms with Gasteiger partial charge in [-0.2, -0.15) is 0 Å². The Morgan fingerprint density at radius 1 is 1.04 bits per heavy atom. The Morgan fingerprint density at radius 2 is 1.91 bits per heavy atom. The van der Waals surface area contributed by atoms with Crippen molar-refractivity contribution in [1.29, 1.82) is 0 Å². The molecule has 0 spiro atoms. The zero-order chi connectivity index (χ0) is 15.4. The molecule has 2 nitrogen and oxygen atoms in total. The molecule has 0 saturated heterocycles. The van der Waals surface area contributed by atoms with E-state index in [0.717, 1.165) is 13.0 Å². The summed E-state index contributed by atoms with van der Waals surface area (Å²) in [5.41, 5.74) is 7.36. The van der Waals surface area contributed by atoms with Crippen LogP contribution in [0.1, 0.15) is 41.5 Å². The minimum atomic E-state index is 0.512. The third-order valence-electron chi connectivity index (χ3n) is 5.71. The van der Waals surface area contributed by atoms with E-state index >= 15 is 0 Å². The topological polar surface area (TPSA) is 19.0 Å². The second-order valence-corrected chi connectivity index (χ2v) is 7.00. The number of fused-ring (bicyclic) bond motifs is 4. The van der Waals surface area contributed by atoms with Gasteiger partial charge in [0.15, 0.2) is 0 Å². The largest absolute Gasteiger partial charge is 0.361 e. The van der Waals surface area contributed by atoms with Crippen LogP contribution in [0.2, 0.25) is 0 Å². The summed E-state index contributed by atoms with van der Waals surface area (Å²) in [5, 5.41) is 1.47. The van der Waals surface area contributed by atoms with E-state index in [-0.39, 0.29) is 0 Å². The molecule has 0 fully saturated rings. The molecule has 0 radical (unpaired) electrons. The fraction of sp³-hybridized carbons (Fsp3) is 0.333. The number of nitrogens with zero attached hydrogens (tertiary/aromatic N) is 1. The summed E-state index contributed by atoms with van der Waals surface area (Å²) in [4.78, 5) is 6.19. The summed E-state index contributed by atoms with van der Waals surface area (Å²) >= 11 is 0. The van der Waals surface area contributed by atoms with Gasteiger partial charge in [-0.05, 0) is 47.7 Å². The number of H-pyrrole nitrogens is 1. The highest BCUT2D eigenvalue weighted by molar-refractivity contribution is 5.89. The average Bonchev–Trinajstić information content (AvgIpc) is 3.00. The van der Waals surface area contributed by atoms with Crippen molar-refractivity contribution in [2.24, 2.45) is 0 Å². The van der Waals surface area contributed by atoms with Gasteiger partial charge in [-0.25, -0.2) is 0 Å². The molecule has 2 aromatic carbocycles. The Balaban J connectivity index is 1.76. The summed E-state index contributed by atoms with van der Waals surface area (Å²) in [5.74, 6) is 0.512. The van der Waals surface area contributed by atoms with E-state index in [0.29, 0.717) is 12.0 Å². The van der Waals surface area contributed by atoms with E-state index in [1.54, 1.807) is 5.56 Å². The first-order valence-electron chi connectivity index (χ1n) is 8.77. The number of hydrogen-bond acceptors (Lipinski definition) is 1. The third-order valence-corrected chi connectivity index (χ3v) is 5.71. The summed E-state index contributed by atoms with van der Waals surface area (Å²) in [7, 11) is 0. The van der Waals surface area contributed by atoms with Gasteiger partial charge in [0, 0.05) is 35.6 Å². The van der Waals surface area contributed by atoms with E-state index in [2.05, 4.69) is 65.5 Å². The van der Waals surface area contributed by atoms with Crippen molar-refractivity contribution >= 4 is 10.9 Å². The van der Waals surface area contributed by atoms with Crippen LogP contribution in [0.15, 0.2) is 48.7 Å². The van der Waals surface area contributed by atoms with E-state index in [1.807, 2.05) is 0 Å². The minimum absolute atomic E-state index is 0.512. The lowest BCUT2D eigenvalue weighted by Gasteiger charge is -2.45. The van der Waals surface area contributed by atoms with Crippen molar-refractivity contribution < 1.29 is 0 Å². The van der Waals surface area contributed by atoms with Crippen molar-refractivity contribution in [2.75, 3.05) is 6.54 Å². The summed E-state index contributed by atoms with van der Waals surface area (Å²) in [6.07, 6.45) is 4.61. The monoisotopic (exact) mass is 302 g/mol. The molecule has 5 rings (SSSR count). The molecule has 1 aliphatic carbocycles. The molecule has 0 saturated carbocycles. The lowest BCUT2D eigenvalue weighted by atomic mass is 9.72. The molecule has 0 unspecified atom stereocenters. The first kappa shape index (κ1) is 13.4. The molecule has 3 aromatic rings. The molecule has 0 amide bonds. The van der Waals surface area contributed by atoms with Crippen LogP contribution in [0.5, 0.6) is 0 Å². The highest BCUT2D eigenvalue weighted by Crippen LogP contribution is 2.46. The SMILES string of the molecule is CCCN1Cc2ccccc2[C@@H]2c3cccc4[nH]cc(c34)C[C@H]21. The maximum atomic E-state index is 3.48. The van der Waals surface area contributed by atoms with Crippen LogP contribution in [-0.2, 0) is 13.0 Å². The van der Waals surface area contributed by atoms with Crippen molar-refractivity contribution in [3.05, 3.63) is 70.9 Å². The molecule has 23 heavy (non-hydrogen) atoms.